The number of amidine groups is 1. The van der Waals surface area contributed by atoms with E-state index in [0.29, 0.717) is 34.9 Å². The molecule has 8 nitrogen and oxygen atoms in total. The SMILES string of the molecule is C=Cc1cc(-c2ccc(S(C)(=O)=O)cc2Cl)c(=O)n(CC)c1N=C(C)Nc1ccc(N2CCN(C)CC2)cc1. The monoisotopic (exact) mass is 567 g/mol. The molecule has 0 amide bonds. The van der Waals surface area contributed by atoms with Crippen molar-refractivity contribution >= 4 is 50.5 Å². The Balaban J connectivity index is 1.64. The van der Waals surface area contributed by atoms with Crippen LogP contribution >= 0.6 is 11.6 Å². The van der Waals surface area contributed by atoms with Crippen LogP contribution in [-0.4, -0.2) is 63.2 Å². The molecule has 1 aliphatic heterocycles. The number of rotatable bonds is 7. The second-order valence-electron chi connectivity index (χ2n) is 9.66. The topological polar surface area (TPSA) is 87.0 Å². The molecule has 206 valence electrons. The van der Waals surface area contributed by atoms with Crippen molar-refractivity contribution < 1.29 is 8.42 Å². The molecule has 0 atom stereocenters. The molecule has 3 aromatic rings. The lowest BCUT2D eigenvalue weighted by Crippen LogP contribution is -2.44. The van der Waals surface area contributed by atoms with Crippen molar-refractivity contribution in [3.05, 3.63) is 76.0 Å². The van der Waals surface area contributed by atoms with Gasteiger partial charge in [-0.1, -0.05) is 30.3 Å². The van der Waals surface area contributed by atoms with Gasteiger partial charge in [0.15, 0.2) is 9.84 Å². The number of hydrogen-bond donors (Lipinski definition) is 1. The summed E-state index contributed by atoms with van der Waals surface area (Å²) >= 11 is 6.43. The number of anilines is 2. The highest BCUT2D eigenvalue weighted by Gasteiger charge is 2.18. The van der Waals surface area contributed by atoms with Crippen LogP contribution in [0.3, 0.4) is 0 Å². The van der Waals surface area contributed by atoms with Gasteiger partial charge < -0.3 is 15.1 Å². The Morgan fingerprint density at radius 1 is 1.08 bits per heavy atom. The van der Waals surface area contributed by atoms with E-state index in [4.69, 9.17) is 16.6 Å². The number of likely N-dealkylation sites (N-methyl/N-ethyl adjacent to an activating group) is 1. The molecule has 0 aliphatic carbocycles. The van der Waals surface area contributed by atoms with Gasteiger partial charge in [0.25, 0.3) is 5.56 Å². The zero-order chi connectivity index (χ0) is 28.3. The third-order valence-corrected chi connectivity index (χ3v) is 8.24. The Hall–Kier alpha value is -3.40. The van der Waals surface area contributed by atoms with E-state index >= 15 is 0 Å². The van der Waals surface area contributed by atoms with E-state index in [0.717, 1.165) is 38.1 Å². The first-order chi connectivity index (χ1) is 18.5. The van der Waals surface area contributed by atoms with Gasteiger partial charge in [-0.2, -0.15) is 0 Å². The van der Waals surface area contributed by atoms with Crippen LogP contribution in [0.1, 0.15) is 19.4 Å². The molecular weight excluding hydrogens is 534 g/mol. The largest absolute Gasteiger partial charge is 0.369 e. The maximum absolute atomic E-state index is 13.5. The van der Waals surface area contributed by atoms with Crippen molar-refractivity contribution in [2.75, 3.05) is 49.7 Å². The molecule has 1 aromatic heterocycles. The fraction of sp³-hybridized carbons (Fsp3) is 0.310. The van der Waals surface area contributed by atoms with Crippen LogP contribution in [0, 0.1) is 0 Å². The van der Waals surface area contributed by atoms with Crippen LogP contribution in [0.5, 0.6) is 0 Å². The van der Waals surface area contributed by atoms with Gasteiger partial charge in [0.2, 0.25) is 0 Å². The first-order valence-corrected chi connectivity index (χ1v) is 15.0. The number of sulfone groups is 1. The van der Waals surface area contributed by atoms with Gasteiger partial charge in [0, 0.05) is 72.1 Å². The van der Waals surface area contributed by atoms with Crippen LogP contribution in [0.4, 0.5) is 17.2 Å². The van der Waals surface area contributed by atoms with E-state index in [1.807, 2.05) is 26.0 Å². The summed E-state index contributed by atoms with van der Waals surface area (Å²) in [5.41, 5.74) is 3.26. The van der Waals surface area contributed by atoms with Crippen molar-refractivity contribution in [2.45, 2.75) is 25.3 Å². The van der Waals surface area contributed by atoms with Crippen molar-refractivity contribution in [3.8, 4) is 11.1 Å². The summed E-state index contributed by atoms with van der Waals surface area (Å²) in [6, 6.07) is 14.3. The van der Waals surface area contributed by atoms with Gasteiger partial charge in [-0.15, -0.1) is 0 Å². The van der Waals surface area contributed by atoms with Gasteiger partial charge >= 0.3 is 0 Å². The molecule has 1 aliphatic rings. The Kier molecular flexibility index (Phi) is 8.64. The number of aliphatic imine (C=N–C) groups is 1. The van der Waals surface area contributed by atoms with Crippen LogP contribution in [0.2, 0.25) is 5.02 Å². The quantitative estimate of drug-likeness (QED) is 0.314. The number of hydrogen-bond acceptors (Lipinski definition) is 6. The van der Waals surface area contributed by atoms with E-state index in [1.165, 1.54) is 17.8 Å². The van der Waals surface area contributed by atoms with Gasteiger partial charge in [-0.25, -0.2) is 13.4 Å². The summed E-state index contributed by atoms with van der Waals surface area (Å²) in [6.07, 6.45) is 2.76. The summed E-state index contributed by atoms with van der Waals surface area (Å²) in [5, 5.41) is 3.50. The number of piperazine rings is 1. The molecule has 2 aromatic carbocycles. The number of pyridine rings is 1. The zero-order valence-electron chi connectivity index (χ0n) is 22.7. The Bertz CT molecular complexity index is 1570. The minimum atomic E-state index is -3.43. The molecule has 0 unspecified atom stereocenters. The van der Waals surface area contributed by atoms with Gasteiger partial charge in [0.05, 0.1) is 4.90 Å². The van der Waals surface area contributed by atoms with Gasteiger partial charge in [-0.3, -0.25) is 9.36 Å². The average Bonchev–Trinajstić information content (AvgIpc) is 2.90. The van der Waals surface area contributed by atoms with Crippen LogP contribution in [0.25, 0.3) is 17.2 Å². The summed E-state index contributed by atoms with van der Waals surface area (Å²) in [4.78, 5) is 23.1. The molecule has 0 spiro atoms. The number of nitrogens with zero attached hydrogens (tertiary/aromatic N) is 4. The Morgan fingerprint density at radius 3 is 2.31 bits per heavy atom. The van der Waals surface area contributed by atoms with E-state index < -0.39 is 9.84 Å². The van der Waals surface area contributed by atoms with Crippen molar-refractivity contribution in [1.82, 2.24) is 9.47 Å². The first kappa shape index (κ1) is 28.6. The maximum Gasteiger partial charge on any atom is 0.260 e. The lowest BCUT2D eigenvalue weighted by Gasteiger charge is -2.34. The number of halogens is 1. The molecule has 0 saturated carbocycles. The van der Waals surface area contributed by atoms with E-state index in [-0.39, 0.29) is 15.5 Å². The molecule has 4 rings (SSSR count). The summed E-state index contributed by atoms with van der Waals surface area (Å²) < 4.78 is 25.4. The molecule has 2 heterocycles. The molecule has 0 bridgehead atoms. The van der Waals surface area contributed by atoms with E-state index in [2.05, 4.69) is 40.9 Å². The smallest absolute Gasteiger partial charge is 0.260 e. The lowest BCUT2D eigenvalue weighted by molar-refractivity contribution is 0.313. The second-order valence-corrected chi connectivity index (χ2v) is 12.1. The Labute approximate surface area is 235 Å². The van der Waals surface area contributed by atoms with Crippen molar-refractivity contribution in [3.63, 3.8) is 0 Å². The fourth-order valence-electron chi connectivity index (χ4n) is 4.60. The van der Waals surface area contributed by atoms with Crippen LogP contribution in [0.15, 0.2) is 69.8 Å². The average molecular weight is 568 g/mol. The Morgan fingerprint density at radius 2 is 1.74 bits per heavy atom. The molecule has 1 saturated heterocycles. The summed E-state index contributed by atoms with van der Waals surface area (Å²) in [6.45, 7) is 12.1. The molecule has 0 radical (unpaired) electrons. The van der Waals surface area contributed by atoms with Crippen molar-refractivity contribution in [2.24, 2.45) is 4.99 Å². The highest BCUT2D eigenvalue weighted by atomic mass is 35.5. The molecule has 1 fully saturated rings. The van der Waals surface area contributed by atoms with E-state index in [1.54, 1.807) is 22.8 Å². The highest BCUT2D eigenvalue weighted by Crippen LogP contribution is 2.31. The lowest BCUT2D eigenvalue weighted by atomic mass is 10.0. The maximum atomic E-state index is 13.5. The predicted octanol–water partition coefficient (Wildman–Crippen LogP) is 5.15. The normalized spacial score (nSPS) is 14.9. The highest BCUT2D eigenvalue weighted by molar-refractivity contribution is 7.90. The van der Waals surface area contributed by atoms with Gasteiger partial charge in [-0.05, 0) is 63.4 Å². The number of benzene rings is 2. The van der Waals surface area contributed by atoms with E-state index in [9.17, 15) is 13.2 Å². The molecule has 1 N–H and O–H groups in total. The fourth-order valence-corrected chi connectivity index (χ4v) is 5.60. The van der Waals surface area contributed by atoms with Gasteiger partial charge in [0.1, 0.15) is 11.7 Å². The van der Waals surface area contributed by atoms with Crippen molar-refractivity contribution in [1.29, 1.82) is 0 Å². The summed E-state index contributed by atoms with van der Waals surface area (Å²) in [5.74, 6) is 1.10. The number of aromatic nitrogens is 1. The molecule has 39 heavy (non-hydrogen) atoms. The van der Waals surface area contributed by atoms with Crippen LogP contribution < -0.4 is 15.8 Å². The minimum absolute atomic E-state index is 0.0931. The first-order valence-electron chi connectivity index (χ1n) is 12.8. The third kappa shape index (κ3) is 6.43. The predicted molar refractivity (Wildman–Crippen MR) is 163 cm³/mol. The number of nitrogens with one attached hydrogen (secondary N) is 1. The minimum Gasteiger partial charge on any atom is -0.369 e. The summed E-state index contributed by atoms with van der Waals surface area (Å²) in [7, 11) is -1.29. The molecular formula is C29H34ClN5O3S. The standard InChI is InChI=1S/C29H34ClN5O3S/c1-6-21-18-26(25-13-12-24(19-27(25)30)39(5,37)38)29(36)35(7-2)28(21)32-20(3)31-22-8-10-23(11-9-22)34-16-14-33(4)15-17-34/h6,8-13,18-19H,1,7,14-17H2,2-5H3,(H,31,32). The van der Waals surface area contributed by atoms with Crippen LogP contribution in [-0.2, 0) is 16.4 Å². The zero-order valence-corrected chi connectivity index (χ0v) is 24.3. The molecule has 10 heteroatoms. The third-order valence-electron chi connectivity index (χ3n) is 6.82. The second kappa shape index (κ2) is 11.8.